The molecule has 0 aliphatic rings. The molecular weight excluding hydrogens is 1140 g/mol. The molecule has 8 aromatic rings. The topological polar surface area (TPSA) is 49.4 Å². The molecule has 8 aromatic carbocycles. The monoisotopic (exact) mass is 1220 g/mol. The van der Waals surface area contributed by atoms with Gasteiger partial charge in [0.1, 0.15) is 0 Å². The number of benzene rings is 8. The third-order valence-corrected chi connectivity index (χ3v) is 40.4. The van der Waals surface area contributed by atoms with Crippen LogP contribution in [-0.4, -0.2) is 32.9 Å². The minimum atomic E-state index is -2.32. The zero-order valence-corrected chi connectivity index (χ0v) is 57.1. The average Bonchev–Trinajstić information content (AvgIpc) is 3.38. The minimum absolute atomic E-state index is 0. The zero-order chi connectivity index (χ0) is 53.1. The molecule has 394 valence electrons. The molecule has 76 heavy (non-hydrogen) atoms. The Morgan fingerprint density at radius 1 is 0.211 bits per heavy atom. The summed E-state index contributed by atoms with van der Waals surface area (Å²) in [6, 6.07) is 88.3. The van der Waals surface area contributed by atoms with Crippen LogP contribution in [0.2, 0.25) is 78.6 Å². The summed E-state index contributed by atoms with van der Waals surface area (Å²) < 4.78 is 23.7. The first kappa shape index (κ1) is 63.5. The van der Waals surface area contributed by atoms with Crippen LogP contribution in [0, 0.1) is 11.8 Å². The fourth-order valence-electron chi connectivity index (χ4n) is 9.31. The van der Waals surface area contributed by atoms with Gasteiger partial charge in [-0.25, -0.2) is 11.8 Å². The molecule has 0 saturated carbocycles. The second-order valence-electron chi connectivity index (χ2n) is 22.7. The maximum atomic E-state index is 5.92. The molecule has 14 heteroatoms. The fraction of sp³-hybridized carbons (Fsp3) is 0.194. The van der Waals surface area contributed by atoms with Crippen molar-refractivity contribution in [3.05, 3.63) is 254 Å². The van der Waals surface area contributed by atoms with Crippen molar-refractivity contribution in [1.29, 1.82) is 0 Å². The van der Waals surface area contributed by atoms with Gasteiger partial charge < -0.3 is 17.6 Å². The number of rotatable bonds is 16. The number of hydrogen-bond acceptors (Lipinski definition) is 4. The van der Waals surface area contributed by atoms with Gasteiger partial charge >= 0.3 is 0 Å². The van der Waals surface area contributed by atoms with Gasteiger partial charge in [-0.3, -0.25) is 0 Å². The van der Waals surface area contributed by atoms with E-state index in [0.717, 1.165) is 0 Å². The third kappa shape index (κ3) is 16.4. The van der Waals surface area contributed by atoms with Gasteiger partial charge in [-0.05, 0) is 42.4 Å². The first-order valence-electron chi connectivity index (χ1n) is 25.8. The molecule has 4 nitrogen and oxygen atoms in total. The van der Waals surface area contributed by atoms with Crippen molar-refractivity contribution in [1.82, 2.24) is 0 Å². The molecule has 0 aliphatic carbocycles. The van der Waals surface area contributed by atoms with Crippen LogP contribution in [0.25, 0.3) is 0 Å². The molecular formula is C62H78N4P4Si4V2-2. The van der Waals surface area contributed by atoms with Gasteiger partial charge in [-0.2, -0.15) is 0 Å². The predicted octanol–water partition coefficient (Wildman–Crippen LogP) is 17.0. The van der Waals surface area contributed by atoms with Crippen molar-refractivity contribution in [2.75, 3.05) is 0 Å². The van der Waals surface area contributed by atoms with E-state index in [0.29, 0.717) is 0 Å². The molecule has 0 heterocycles. The molecule has 0 aliphatic heterocycles. The van der Waals surface area contributed by atoms with Gasteiger partial charge in [0.05, 0.1) is 0 Å². The summed E-state index contributed by atoms with van der Waals surface area (Å²) in [6.45, 7) is 28.4. The maximum Gasteiger partial charge on any atom is 0.167 e. The van der Waals surface area contributed by atoms with Crippen LogP contribution in [0.4, 0.5) is 0 Å². The largest absolute Gasteiger partial charge is 0.359 e. The molecule has 0 aromatic heterocycles. The summed E-state index contributed by atoms with van der Waals surface area (Å²) in [6.07, 6.45) is 0. The van der Waals surface area contributed by atoms with Crippen LogP contribution in [-0.2, 0) is 37.1 Å². The van der Waals surface area contributed by atoms with E-state index in [2.05, 4.69) is 333 Å². The van der Waals surface area contributed by atoms with Gasteiger partial charge in [0.2, 0.25) is 0 Å². The average molecular weight is 1220 g/mol. The Balaban J connectivity index is 0.000000274. The quantitative estimate of drug-likeness (QED) is 0.0526. The van der Waals surface area contributed by atoms with Crippen LogP contribution >= 0.6 is 28.2 Å². The van der Waals surface area contributed by atoms with Crippen molar-refractivity contribution in [2.24, 2.45) is 17.6 Å². The number of nitrogens with zero attached hydrogens (tertiary/aromatic N) is 4. The maximum absolute atomic E-state index is 5.92. The Bertz CT molecular complexity index is 2660. The molecule has 0 bridgehead atoms. The van der Waals surface area contributed by atoms with Crippen molar-refractivity contribution < 1.29 is 37.1 Å². The molecule has 0 amide bonds. The molecule has 0 spiro atoms. The van der Waals surface area contributed by atoms with Crippen LogP contribution < -0.4 is 42.4 Å². The smallest absolute Gasteiger partial charge is 0.167 e. The van der Waals surface area contributed by atoms with Crippen molar-refractivity contribution in [3.8, 4) is 0 Å². The van der Waals surface area contributed by atoms with Crippen molar-refractivity contribution in [2.45, 2.75) is 78.6 Å². The molecule has 0 fully saturated rings. The molecule has 2 radical (unpaired) electrons. The Kier molecular flexibility index (Phi) is 22.8. The van der Waals surface area contributed by atoms with Crippen LogP contribution in [0.5, 0.6) is 0 Å². The van der Waals surface area contributed by atoms with E-state index >= 15 is 0 Å². The normalized spacial score (nSPS) is 12.4. The SMILES string of the molecule is C[Si](C)(C)N=P([CH-]P(=N[Si](C)(C)C)(c1ccccc1)c1ccccc1)(c1ccccc1)c1ccccc1.C[Si](C)(C)N=P([CH-]P(=N[Si](C)(C)C)(c1ccccc1)c1ccccc1)(c1ccccc1)c1ccccc1.[V].[V]. The van der Waals surface area contributed by atoms with E-state index in [1.165, 1.54) is 42.4 Å². The fourth-order valence-corrected chi connectivity index (χ4v) is 45.2. The van der Waals surface area contributed by atoms with Gasteiger partial charge in [-0.1, -0.05) is 321 Å². The summed E-state index contributed by atoms with van der Waals surface area (Å²) in [5.41, 5.74) is 0. The molecule has 0 saturated heterocycles. The summed E-state index contributed by atoms with van der Waals surface area (Å²) >= 11 is 0. The second-order valence-corrected chi connectivity index (χ2v) is 54.8. The van der Waals surface area contributed by atoms with Crippen molar-refractivity contribution in [3.63, 3.8) is 0 Å². The Morgan fingerprint density at radius 3 is 0.408 bits per heavy atom. The molecule has 0 N–H and O–H groups in total. The second kappa shape index (κ2) is 27.3. The standard InChI is InChI=1S/2C31H39N2P2Si2.2V/c2*1-36(2,3)32-34(28-19-11-7-12-20-28,29-21-13-8-14-22-29)27-35(33-37(4,5)6,30-23-15-9-16-24-30)31-25-17-10-18-26-31;;/h2*7-27H,1-6H3;;/q2*-1;;. The van der Waals surface area contributed by atoms with Crippen LogP contribution in [0.15, 0.2) is 260 Å². The van der Waals surface area contributed by atoms with E-state index in [1.807, 2.05) is 0 Å². The van der Waals surface area contributed by atoms with Gasteiger partial charge in [-0.15, -0.1) is 28.2 Å². The third-order valence-electron chi connectivity index (χ3n) is 11.7. The van der Waals surface area contributed by atoms with Gasteiger partial charge in [0.25, 0.3) is 0 Å². The summed E-state index contributed by atoms with van der Waals surface area (Å²) in [7, 11) is -16.8. The Morgan fingerprint density at radius 2 is 0.316 bits per heavy atom. The summed E-state index contributed by atoms with van der Waals surface area (Å²) in [5, 5.41) is 10.5. The molecule has 0 unspecified atom stereocenters. The van der Waals surface area contributed by atoms with Gasteiger partial charge in [0, 0.05) is 37.1 Å². The molecule has 8 rings (SSSR count). The Hall–Kier alpha value is -3.28. The van der Waals surface area contributed by atoms with E-state index < -0.39 is 61.2 Å². The minimum Gasteiger partial charge on any atom is -0.359 e. The van der Waals surface area contributed by atoms with Crippen LogP contribution in [0.3, 0.4) is 0 Å². The van der Waals surface area contributed by atoms with Crippen LogP contribution in [0.1, 0.15) is 0 Å². The first-order valence-corrected chi connectivity index (χ1v) is 46.8. The van der Waals surface area contributed by atoms with Crippen molar-refractivity contribution >= 4 is 104 Å². The number of hydrogen-bond donors (Lipinski definition) is 0. The van der Waals surface area contributed by atoms with E-state index in [9.17, 15) is 0 Å². The zero-order valence-electron chi connectivity index (χ0n) is 46.7. The Labute approximate surface area is 487 Å². The predicted molar refractivity (Wildman–Crippen MR) is 348 cm³/mol. The van der Waals surface area contributed by atoms with Gasteiger partial charge in [0.15, 0.2) is 32.9 Å². The van der Waals surface area contributed by atoms with E-state index in [-0.39, 0.29) is 37.1 Å². The first-order chi connectivity index (χ1) is 35.1. The summed E-state index contributed by atoms with van der Waals surface area (Å²) in [5.74, 6) is 5.37. The van der Waals surface area contributed by atoms with E-state index in [1.54, 1.807) is 0 Å². The molecule has 0 atom stereocenters. The van der Waals surface area contributed by atoms with E-state index in [4.69, 9.17) is 17.6 Å². The summed E-state index contributed by atoms with van der Waals surface area (Å²) in [4.78, 5) is 0.